The first-order chi connectivity index (χ1) is 5.91. The van der Waals surface area contributed by atoms with E-state index < -0.39 is 0 Å². The van der Waals surface area contributed by atoms with Gasteiger partial charge in [-0.1, -0.05) is 20.8 Å². The maximum Gasteiger partial charge on any atom is 0.0591 e. The number of ether oxygens (including phenoxy) is 1. The van der Waals surface area contributed by atoms with Crippen molar-refractivity contribution >= 4 is 0 Å². The van der Waals surface area contributed by atoms with Crippen molar-refractivity contribution < 1.29 is 4.74 Å². The molecule has 0 fully saturated rings. The zero-order valence-corrected chi connectivity index (χ0v) is 8.73. The predicted octanol–water partition coefficient (Wildman–Crippen LogP) is 0.987. The normalized spacial score (nSPS) is 9.00. The summed E-state index contributed by atoms with van der Waals surface area (Å²) in [5.74, 6) is 0. The van der Waals surface area contributed by atoms with E-state index in [1.165, 1.54) is 6.42 Å². The highest BCUT2D eigenvalue weighted by atomic mass is 16.5. The molecule has 0 bridgehead atoms. The monoisotopic (exact) mass is 176 g/mol. The Bertz CT molecular complexity index is 52.5. The van der Waals surface area contributed by atoms with Crippen molar-refractivity contribution in [3.8, 4) is 0 Å². The molecule has 0 radical (unpaired) electrons. The molecule has 0 saturated carbocycles. The van der Waals surface area contributed by atoms with Crippen molar-refractivity contribution in [1.82, 2.24) is 5.32 Å². The molecule has 3 N–H and O–H groups in total. The lowest BCUT2D eigenvalue weighted by Gasteiger charge is -2.02. The highest BCUT2D eigenvalue weighted by Crippen LogP contribution is 1.72. The molecular weight excluding hydrogens is 152 g/mol. The van der Waals surface area contributed by atoms with Crippen LogP contribution in [0.5, 0.6) is 0 Å². The Kier molecular flexibility index (Phi) is 20.5. The summed E-state index contributed by atoms with van der Waals surface area (Å²) in [6.07, 6.45) is 1.18. The van der Waals surface area contributed by atoms with Gasteiger partial charge >= 0.3 is 0 Å². The molecule has 0 heterocycles. The Morgan fingerprint density at radius 1 is 1.17 bits per heavy atom. The van der Waals surface area contributed by atoms with Gasteiger partial charge in [0.05, 0.1) is 13.2 Å². The summed E-state index contributed by atoms with van der Waals surface area (Å²) in [7, 11) is 0. The van der Waals surface area contributed by atoms with Gasteiger partial charge in [-0.2, -0.15) is 0 Å². The molecule has 76 valence electrons. The fourth-order valence-corrected chi connectivity index (χ4v) is 0.632. The van der Waals surface area contributed by atoms with E-state index in [0.29, 0.717) is 13.2 Å². The molecule has 0 aromatic rings. The van der Waals surface area contributed by atoms with Crippen molar-refractivity contribution in [2.75, 3.05) is 32.8 Å². The van der Waals surface area contributed by atoms with Crippen LogP contribution in [-0.4, -0.2) is 32.8 Å². The first-order valence-electron chi connectivity index (χ1n) is 4.90. The molecule has 3 nitrogen and oxygen atoms in total. The van der Waals surface area contributed by atoms with E-state index in [-0.39, 0.29) is 0 Å². The van der Waals surface area contributed by atoms with Gasteiger partial charge in [-0.05, 0) is 13.0 Å². The minimum absolute atomic E-state index is 0.619. The molecule has 12 heavy (non-hydrogen) atoms. The Morgan fingerprint density at radius 3 is 2.33 bits per heavy atom. The average molecular weight is 176 g/mol. The SMILES string of the molecule is CC.CCCNCCOCCN. The van der Waals surface area contributed by atoms with Crippen LogP contribution in [0.2, 0.25) is 0 Å². The minimum atomic E-state index is 0.619. The summed E-state index contributed by atoms with van der Waals surface area (Å²) < 4.78 is 5.14. The Morgan fingerprint density at radius 2 is 1.83 bits per heavy atom. The minimum Gasteiger partial charge on any atom is -0.379 e. The number of nitrogens with one attached hydrogen (secondary N) is 1. The fraction of sp³-hybridized carbons (Fsp3) is 1.00. The topological polar surface area (TPSA) is 47.3 Å². The third-order valence-corrected chi connectivity index (χ3v) is 1.11. The molecule has 0 unspecified atom stereocenters. The summed E-state index contributed by atoms with van der Waals surface area (Å²) in [4.78, 5) is 0. The van der Waals surface area contributed by atoms with E-state index >= 15 is 0 Å². The van der Waals surface area contributed by atoms with Gasteiger partial charge in [-0.3, -0.25) is 0 Å². The van der Waals surface area contributed by atoms with Crippen LogP contribution in [0.25, 0.3) is 0 Å². The lowest BCUT2D eigenvalue weighted by atomic mass is 10.5. The molecule has 0 saturated heterocycles. The van der Waals surface area contributed by atoms with Crippen molar-refractivity contribution in [2.24, 2.45) is 5.73 Å². The summed E-state index contributed by atoms with van der Waals surface area (Å²) in [6.45, 7) is 10.2. The number of hydrogen-bond donors (Lipinski definition) is 2. The number of hydrogen-bond acceptors (Lipinski definition) is 3. The Hall–Kier alpha value is -0.120. The quantitative estimate of drug-likeness (QED) is 0.569. The maximum atomic E-state index is 5.22. The summed E-state index contributed by atoms with van der Waals surface area (Å²) in [5, 5.41) is 3.23. The summed E-state index contributed by atoms with van der Waals surface area (Å²) in [6, 6.07) is 0. The van der Waals surface area contributed by atoms with Crippen molar-refractivity contribution in [3.05, 3.63) is 0 Å². The predicted molar refractivity (Wildman–Crippen MR) is 54.4 cm³/mol. The van der Waals surface area contributed by atoms with Gasteiger partial charge in [0.15, 0.2) is 0 Å². The van der Waals surface area contributed by atoms with Crippen LogP contribution < -0.4 is 11.1 Å². The van der Waals surface area contributed by atoms with Crippen LogP contribution in [0.3, 0.4) is 0 Å². The van der Waals surface area contributed by atoms with Gasteiger partial charge in [-0.15, -0.1) is 0 Å². The van der Waals surface area contributed by atoms with Crippen LogP contribution in [0.4, 0.5) is 0 Å². The Balaban J connectivity index is 0. The number of nitrogens with two attached hydrogens (primary N) is 1. The van der Waals surface area contributed by atoms with E-state index in [2.05, 4.69) is 12.2 Å². The fourth-order valence-electron chi connectivity index (χ4n) is 0.632. The van der Waals surface area contributed by atoms with E-state index in [0.717, 1.165) is 19.7 Å². The van der Waals surface area contributed by atoms with Gasteiger partial charge in [0, 0.05) is 13.1 Å². The molecule has 3 heteroatoms. The van der Waals surface area contributed by atoms with Crippen LogP contribution in [0.15, 0.2) is 0 Å². The highest BCUT2D eigenvalue weighted by Gasteiger charge is 1.84. The third kappa shape index (κ3) is 16.5. The standard InChI is InChI=1S/C7H18N2O.C2H6/c1-2-4-9-5-7-10-6-3-8;1-2/h9H,2-8H2,1H3;1-2H3. The van der Waals surface area contributed by atoms with Gasteiger partial charge in [-0.25, -0.2) is 0 Å². The zero-order chi connectivity index (χ0) is 9.66. The third-order valence-electron chi connectivity index (χ3n) is 1.11. The molecule has 0 rings (SSSR count). The van der Waals surface area contributed by atoms with E-state index in [1.54, 1.807) is 0 Å². The molecule has 0 aliphatic rings. The Labute approximate surface area is 76.7 Å². The van der Waals surface area contributed by atoms with Crippen molar-refractivity contribution in [2.45, 2.75) is 27.2 Å². The first-order valence-corrected chi connectivity index (χ1v) is 4.90. The molecular formula is C9H24N2O. The van der Waals surface area contributed by atoms with Crippen LogP contribution >= 0.6 is 0 Å². The van der Waals surface area contributed by atoms with E-state index in [4.69, 9.17) is 10.5 Å². The van der Waals surface area contributed by atoms with Crippen molar-refractivity contribution in [1.29, 1.82) is 0 Å². The molecule has 0 aliphatic carbocycles. The van der Waals surface area contributed by atoms with E-state index in [9.17, 15) is 0 Å². The van der Waals surface area contributed by atoms with Crippen molar-refractivity contribution in [3.63, 3.8) is 0 Å². The second-order valence-corrected chi connectivity index (χ2v) is 2.15. The van der Waals surface area contributed by atoms with E-state index in [1.807, 2.05) is 13.8 Å². The first kappa shape index (κ1) is 14.4. The van der Waals surface area contributed by atoms with Gasteiger partial charge in [0.2, 0.25) is 0 Å². The lowest BCUT2D eigenvalue weighted by Crippen LogP contribution is -2.21. The summed E-state index contributed by atoms with van der Waals surface area (Å²) >= 11 is 0. The second-order valence-electron chi connectivity index (χ2n) is 2.15. The molecule has 0 spiro atoms. The smallest absolute Gasteiger partial charge is 0.0591 e. The van der Waals surface area contributed by atoms with Gasteiger partial charge in [0.25, 0.3) is 0 Å². The second kappa shape index (κ2) is 17.1. The lowest BCUT2D eigenvalue weighted by molar-refractivity contribution is 0.143. The highest BCUT2D eigenvalue weighted by molar-refractivity contribution is 4.43. The van der Waals surface area contributed by atoms with Crippen LogP contribution in [0, 0.1) is 0 Å². The van der Waals surface area contributed by atoms with Crippen LogP contribution in [0.1, 0.15) is 27.2 Å². The van der Waals surface area contributed by atoms with Gasteiger partial charge < -0.3 is 15.8 Å². The number of rotatable bonds is 7. The van der Waals surface area contributed by atoms with Gasteiger partial charge in [0.1, 0.15) is 0 Å². The molecule has 0 amide bonds. The molecule has 0 atom stereocenters. The van der Waals surface area contributed by atoms with Crippen LogP contribution in [-0.2, 0) is 4.74 Å². The maximum absolute atomic E-state index is 5.22. The molecule has 0 aliphatic heterocycles. The molecule has 0 aromatic heterocycles. The summed E-state index contributed by atoms with van der Waals surface area (Å²) in [5.41, 5.74) is 5.22. The average Bonchev–Trinajstić information content (AvgIpc) is 2.15. The largest absolute Gasteiger partial charge is 0.379 e. The molecule has 0 aromatic carbocycles. The zero-order valence-electron chi connectivity index (χ0n) is 8.73.